The summed E-state index contributed by atoms with van der Waals surface area (Å²) in [5, 5.41) is 0. The largest absolute Gasteiger partial charge is 0.420 e. The Morgan fingerprint density at radius 1 is 0.529 bits per heavy atom. The van der Waals surface area contributed by atoms with Crippen molar-refractivity contribution in [1.82, 2.24) is 0 Å². The molecule has 0 rings (SSSR count). The summed E-state index contributed by atoms with van der Waals surface area (Å²) in [6, 6.07) is 1.95. The fourth-order valence-electron chi connectivity index (χ4n) is 3.00. The molecule has 210 valence electrons. The summed E-state index contributed by atoms with van der Waals surface area (Å²) < 4.78 is 49.7. The Morgan fingerprint density at radius 2 is 0.882 bits per heavy atom. The normalized spacial score (nSPS) is 14.6. The highest BCUT2D eigenvalue weighted by molar-refractivity contribution is 6.72. The number of hydrogen-bond donors (Lipinski definition) is 0. The average Bonchev–Trinajstić information content (AvgIpc) is 2.80. The van der Waals surface area contributed by atoms with Gasteiger partial charge in [-0.25, -0.2) is 0 Å². The highest BCUT2D eigenvalue weighted by atomic mass is 28.4. The second-order valence-corrected chi connectivity index (χ2v) is 12.1. The van der Waals surface area contributed by atoms with Crippen LogP contribution in [0.2, 0.25) is 18.6 Å². The number of hydrogen-bond acceptors (Lipinski definition) is 9. The molecule has 0 aromatic carbocycles. The summed E-state index contributed by atoms with van der Waals surface area (Å²) in [7, 11) is 6.56. The number of methoxy groups -OCH3 is 4. The maximum Gasteiger partial charge on any atom is 0.189 e. The Balaban J connectivity index is -0.00000480. The van der Waals surface area contributed by atoms with E-state index in [2.05, 4.69) is 6.55 Å². The van der Waals surface area contributed by atoms with Gasteiger partial charge < -0.3 is 42.3 Å². The van der Waals surface area contributed by atoms with E-state index < -0.39 is 8.32 Å². The first-order valence-corrected chi connectivity index (χ1v) is 14.3. The molecule has 0 N–H and O–H groups in total. The first-order valence-electron chi connectivity index (χ1n) is 11.4. The van der Waals surface area contributed by atoms with Gasteiger partial charge in [-0.1, -0.05) is 14.9 Å². The minimum Gasteiger partial charge on any atom is -0.420 e. The van der Waals surface area contributed by atoms with Crippen molar-refractivity contribution in [3.8, 4) is 0 Å². The Hall–Kier alpha value is -0.143. The van der Waals surface area contributed by atoms with Crippen LogP contribution in [0, 0.1) is 0 Å². The summed E-state index contributed by atoms with van der Waals surface area (Å²) in [5.74, 6) is 0. The van der Waals surface area contributed by atoms with Crippen LogP contribution in [0.3, 0.4) is 0 Å². The molecule has 0 saturated heterocycles. The quantitative estimate of drug-likeness (QED) is 0.133. The van der Waals surface area contributed by atoms with Gasteiger partial charge in [0.2, 0.25) is 0 Å². The molecule has 0 aromatic rings. The molecule has 0 radical (unpaired) electrons. The van der Waals surface area contributed by atoms with E-state index in [1.165, 1.54) is 0 Å². The average molecular weight is 517 g/mol. The van der Waals surface area contributed by atoms with Gasteiger partial charge in [0.15, 0.2) is 8.32 Å². The van der Waals surface area contributed by atoms with E-state index in [9.17, 15) is 0 Å². The van der Waals surface area contributed by atoms with E-state index >= 15 is 0 Å². The third-order valence-electron chi connectivity index (χ3n) is 5.24. The third kappa shape index (κ3) is 22.3. The SMILES string of the molecule is C.C.COCCOCC(CC[Si](C)(CCC(COCCOC)OCCOC)OC)OCCOC. The van der Waals surface area contributed by atoms with Gasteiger partial charge in [0.1, 0.15) is 0 Å². The monoisotopic (exact) mass is 516 g/mol. The molecule has 0 aliphatic carbocycles. The zero-order valence-electron chi connectivity index (χ0n) is 21.2. The summed E-state index contributed by atoms with van der Waals surface area (Å²) in [4.78, 5) is 0. The van der Waals surface area contributed by atoms with E-state index in [0.29, 0.717) is 66.1 Å². The fourth-order valence-corrected chi connectivity index (χ4v) is 5.53. The van der Waals surface area contributed by atoms with Crippen LogP contribution in [-0.4, -0.2) is 122 Å². The van der Waals surface area contributed by atoms with Gasteiger partial charge in [-0.15, -0.1) is 0 Å². The van der Waals surface area contributed by atoms with Crippen LogP contribution in [0.15, 0.2) is 0 Å². The minimum atomic E-state index is -1.94. The Morgan fingerprint density at radius 3 is 1.21 bits per heavy atom. The molecular weight excluding hydrogens is 460 g/mol. The minimum absolute atomic E-state index is 0. The van der Waals surface area contributed by atoms with Gasteiger partial charge in [-0.3, -0.25) is 0 Å². The number of rotatable bonds is 25. The van der Waals surface area contributed by atoms with Crippen LogP contribution < -0.4 is 0 Å². The summed E-state index contributed by atoms with van der Waals surface area (Å²) in [6.45, 7) is 7.85. The van der Waals surface area contributed by atoms with Crippen molar-refractivity contribution in [2.75, 3.05) is 102 Å². The lowest BCUT2D eigenvalue weighted by Gasteiger charge is -2.29. The topological polar surface area (TPSA) is 83.1 Å². The van der Waals surface area contributed by atoms with Crippen molar-refractivity contribution < 1.29 is 42.3 Å². The molecule has 0 saturated carbocycles. The smallest absolute Gasteiger partial charge is 0.189 e. The van der Waals surface area contributed by atoms with Gasteiger partial charge in [-0.2, -0.15) is 0 Å². The molecule has 0 fully saturated rings. The molecule has 0 aliphatic heterocycles. The lowest BCUT2D eigenvalue weighted by molar-refractivity contribution is -0.0428. The van der Waals surface area contributed by atoms with Gasteiger partial charge >= 0.3 is 0 Å². The Bertz CT molecular complexity index is 361. The van der Waals surface area contributed by atoms with Crippen LogP contribution in [0.1, 0.15) is 27.7 Å². The predicted octanol–water partition coefficient (Wildman–Crippen LogP) is 3.65. The lowest BCUT2D eigenvalue weighted by atomic mass is 10.3. The van der Waals surface area contributed by atoms with Crippen LogP contribution in [0.25, 0.3) is 0 Å². The van der Waals surface area contributed by atoms with E-state index in [1.54, 1.807) is 28.4 Å². The van der Waals surface area contributed by atoms with E-state index in [4.69, 9.17) is 42.3 Å². The molecule has 0 aliphatic rings. The Kier molecular flexibility index (Phi) is 31.0. The van der Waals surface area contributed by atoms with E-state index in [-0.39, 0.29) is 27.1 Å². The van der Waals surface area contributed by atoms with Crippen LogP contribution in [-0.2, 0) is 42.3 Å². The summed E-state index contributed by atoms with van der Waals surface area (Å²) >= 11 is 0. The maximum absolute atomic E-state index is 6.03. The molecule has 0 spiro atoms. The van der Waals surface area contributed by atoms with Crippen LogP contribution in [0.4, 0.5) is 0 Å². The molecule has 2 atom stereocenters. The molecule has 0 aromatic heterocycles. The Labute approximate surface area is 211 Å². The van der Waals surface area contributed by atoms with Crippen molar-refractivity contribution in [3.05, 3.63) is 0 Å². The van der Waals surface area contributed by atoms with Crippen LogP contribution in [0.5, 0.6) is 0 Å². The number of ether oxygens (including phenoxy) is 8. The van der Waals surface area contributed by atoms with Crippen LogP contribution >= 0.6 is 0 Å². The maximum atomic E-state index is 6.03. The molecule has 34 heavy (non-hydrogen) atoms. The van der Waals surface area contributed by atoms with E-state index in [0.717, 1.165) is 24.9 Å². The summed E-state index contributed by atoms with van der Waals surface area (Å²) in [6.07, 6.45) is 1.78. The third-order valence-corrected chi connectivity index (χ3v) is 8.91. The first-order chi connectivity index (χ1) is 15.5. The standard InChI is InChI=1S/C22H48O9Si.2CH4/c1-23-9-13-28-19-21(30-15-11-25-3)7-17-32(6,27-5)18-8-22(31-16-12-26-4)20-29-14-10-24-2;;/h21-22H,7-20H2,1-6H3;2*1H4. The van der Waals surface area contributed by atoms with E-state index in [1.807, 2.05) is 7.11 Å². The summed E-state index contributed by atoms with van der Waals surface area (Å²) in [5.41, 5.74) is 0. The van der Waals surface area contributed by atoms with Gasteiger partial charge in [0.05, 0.1) is 78.3 Å². The van der Waals surface area contributed by atoms with Crippen molar-refractivity contribution in [1.29, 1.82) is 0 Å². The highest BCUT2D eigenvalue weighted by Crippen LogP contribution is 2.24. The highest BCUT2D eigenvalue weighted by Gasteiger charge is 2.30. The molecule has 0 bridgehead atoms. The fraction of sp³-hybridized carbons (Fsp3) is 1.00. The van der Waals surface area contributed by atoms with Crippen molar-refractivity contribution in [3.63, 3.8) is 0 Å². The second kappa shape index (κ2) is 27.4. The molecule has 0 amide bonds. The van der Waals surface area contributed by atoms with Gasteiger partial charge in [0.25, 0.3) is 0 Å². The predicted molar refractivity (Wildman–Crippen MR) is 140 cm³/mol. The molecule has 9 nitrogen and oxygen atoms in total. The zero-order valence-corrected chi connectivity index (χ0v) is 22.2. The lowest BCUT2D eigenvalue weighted by Crippen LogP contribution is -2.37. The first kappa shape index (κ1) is 38.4. The second-order valence-electron chi connectivity index (χ2n) is 7.84. The van der Waals surface area contributed by atoms with Gasteiger partial charge in [-0.05, 0) is 31.5 Å². The molecular formula is C24H56O9Si. The van der Waals surface area contributed by atoms with Crippen molar-refractivity contribution in [2.45, 2.75) is 58.5 Å². The molecule has 2 unspecified atom stereocenters. The van der Waals surface area contributed by atoms with Gasteiger partial charge in [0, 0.05) is 35.5 Å². The zero-order chi connectivity index (χ0) is 23.9. The molecule has 10 heteroatoms. The van der Waals surface area contributed by atoms with Crippen molar-refractivity contribution in [2.24, 2.45) is 0 Å². The molecule has 0 heterocycles. The van der Waals surface area contributed by atoms with Crippen molar-refractivity contribution >= 4 is 8.32 Å².